The van der Waals surface area contributed by atoms with Gasteiger partial charge in [-0.1, -0.05) is 24.3 Å². The van der Waals surface area contributed by atoms with Crippen molar-refractivity contribution in [3.8, 4) is 0 Å². The minimum atomic E-state index is -2.25. The van der Waals surface area contributed by atoms with Crippen LogP contribution in [0.4, 0.5) is 10.1 Å². The Morgan fingerprint density at radius 1 is 1.14 bits per heavy atom. The number of nitrogens with one attached hydrogen (secondary N) is 2. The fourth-order valence-electron chi connectivity index (χ4n) is 2.98. The van der Waals surface area contributed by atoms with Gasteiger partial charge >= 0.3 is 5.97 Å². The first-order valence-electron chi connectivity index (χ1n) is 8.79. The normalized spacial score (nSPS) is 18.2. The number of alkyl halides is 1. The first-order chi connectivity index (χ1) is 13.2. The molecular formula is C21H21FN2O4. The lowest BCUT2D eigenvalue weighted by Gasteiger charge is -2.30. The molecule has 6 nitrogen and oxygen atoms in total. The smallest absolute Gasteiger partial charge is 0.340 e. The molecule has 1 atom stereocenters. The Morgan fingerprint density at radius 2 is 1.82 bits per heavy atom. The highest BCUT2D eigenvalue weighted by Crippen LogP contribution is 2.41. The number of hydrogen-bond donors (Lipinski definition) is 2. The number of hydrogen-bond acceptors (Lipinski definition) is 4. The number of esters is 1. The predicted octanol–water partition coefficient (Wildman–Crippen LogP) is 3.08. The van der Waals surface area contributed by atoms with E-state index in [9.17, 15) is 18.8 Å². The van der Waals surface area contributed by atoms with Gasteiger partial charge in [0, 0.05) is 16.8 Å². The van der Waals surface area contributed by atoms with E-state index >= 15 is 0 Å². The molecule has 1 aliphatic rings. The quantitative estimate of drug-likeness (QED) is 0.627. The van der Waals surface area contributed by atoms with E-state index in [0.717, 1.165) is 0 Å². The molecule has 0 aromatic heterocycles. The zero-order chi connectivity index (χ0) is 20.5. The average Bonchev–Trinajstić information content (AvgIpc) is 2.93. The Labute approximate surface area is 162 Å². The standard InChI is InChI=1S/C21H21FN2O4/c1-20(2,3)24-19(27)21(28-17(25)14-7-5-4-6-8-14)15-11-13(12-22)9-10-16(15)23-18(21)26/h4-11H,12H2,1-3H3,(H,23,26)(H,24,27). The van der Waals surface area contributed by atoms with Gasteiger partial charge in [0.05, 0.1) is 5.56 Å². The van der Waals surface area contributed by atoms with Crippen LogP contribution in [-0.4, -0.2) is 23.3 Å². The summed E-state index contributed by atoms with van der Waals surface area (Å²) in [5.41, 5.74) is -2.08. The first kappa shape index (κ1) is 19.5. The van der Waals surface area contributed by atoms with E-state index in [4.69, 9.17) is 4.74 Å². The number of ether oxygens (including phenoxy) is 1. The zero-order valence-electron chi connectivity index (χ0n) is 15.8. The second kappa shape index (κ2) is 7.07. The van der Waals surface area contributed by atoms with Crippen molar-refractivity contribution in [2.75, 3.05) is 5.32 Å². The molecule has 2 aromatic rings. The molecule has 1 aliphatic heterocycles. The van der Waals surface area contributed by atoms with Crippen LogP contribution in [0.2, 0.25) is 0 Å². The molecule has 0 saturated carbocycles. The van der Waals surface area contributed by atoms with Crippen LogP contribution in [0.5, 0.6) is 0 Å². The zero-order valence-corrected chi connectivity index (χ0v) is 15.8. The van der Waals surface area contributed by atoms with E-state index in [1.165, 1.54) is 30.3 Å². The van der Waals surface area contributed by atoms with Gasteiger partial charge in [-0.3, -0.25) is 9.59 Å². The SMILES string of the molecule is CC(C)(C)NC(=O)C1(OC(=O)c2ccccc2)C(=O)Nc2ccc(CF)cc21. The van der Waals surface area contributed by atoms with E-state index in [1.807, 2.05) is 0 Å². The van der Waals surface area contributed by atoms with Crippen molar-refractivity contribution in [1.29, 1.82) is 0 Å². The highest BCUT2D eigenvalue weighted by atomic mass is 19.1. The van der Waals surface area contributed by atoms with Gasteiger partial charge in [-0.25, -0.2) is 9.18 Å². The largest absolute Gasteiger partial charge is 0.430 e. The molecular weight excluding hydrogens is 363 g/mol. The molecule has 0 radical (unpaired) electrons. The Morgan fingerprint density at radius 3 is 2.43 bits per heavy atom. The van der Waals surface area contributed by atoms with Crippen molar-refractivity contribution in [1.82, 2.24) is 5.32 Å². The molecule has 1 heterocycles. The molecule has 0 aliphatic carbocycles. The number of carbonyl (C=O) groups is 3. The van der Waals surface area contributed by atoms with Crippen LogP contribution < -0.4 is 10.6 Å². The van der Waals surface area contributed by atoms with Gasteiger partial charge in [-0.15, -0.1) is 0 Å². The maximum Gasteiger partial charge on any atom is 0.340 e. The summed E-state index contributed by atoms with van der Waals surface area (Å²) in [6.45, 7) is 4.43. The van der Waals surface area contributed by atoms with Gasteiger partial charge in [-0.05, 0) is 50.6 Å². The third kappa shape index (κ3) is 3.47. The number of rotatable bonds is 4. The molecule has 1 unspecified atom stereocenters. The number of carbonyl (C=O) groups excluding carboxylic acids is 3. The highest BCUT2D eigenvalue weighted by Gasteiger charge is 2.57. The van der Waals surface area contributed by atoms with Gasteiger partial charge in [-0.2, -0.15) is 0 Å². The Hall–Kier alpha value is -3.22. The lowest BCUT2D eigenvalue weighted by atomic mass is 9.91. The van der Waals surface area contributed by atoms with Gasteiger partial charge in [0.2, 0.25) is 0 Å². The first-order valence-corrected chi connectivity index (χ1v) is 8.79. The topological polar surface area (TPSA) is 84.5 Å². The molecule has 0 bridgehead atoms. The summed E-state index contributed by atoms with van der Waals surface area (Å²) in [5.74, 6) is -2.43. The van der Waals surface area contributed by atoms with Gasteiger partial charge in [0.25, 0.3) is 17.4 Å². The van der Waals surface area contributed by atoms with Crippen LogP contribution in [0.1, 0.15) is 42.3 Å². The molecule has 0 saturated heterocycles. The predicted molar refractivity (Wildman–Crippen MR) is 101 cm³/mol. The Bertz CT molecular complexity index is 937. The van der Waals surface area contributed by atoms with Crippen LogP contribution in [0.15, 0.2) is 48.5 Å². The lowest BCUT2D eigenvalue weighted by Crippen LogP contribution is -2.56. The molecule has 2 aromatic carbocycles. The maximum atomic E-state index is 13.2. The van der Waals surface area contributed by atoms with Gasteiger partial charge < -0.3 is 15.4 Å². The maximum absolute atomic E-state index is 13.2. The molecule has 146 valence electrons. The van der Waals surface area contributed by atoms with E-state index < -0.39 is 35.6 Å². The summed E-state index contributed by atoms with van der Waals surface area (Å²) in [5, 5.41) is 5.26. The van der Waals surface area contributed by atoms with Crippen LogP contribution in [-0.2, 0) is 26.6 Å². The van der Waals surface area contributed by atoms with Crippen LogP contribution in [0.3, 0.4) is 0 Å². The van der Waals surface area contributed by atoms with E-state index in [0.29, 0.717) is 5.69 Å². The van der Waals surface area contributed by atoms with Crippen molar-refractivity contribution in [2.45, 2.75) is 38.6 Å². The molecule has 0 fully saturated rings. The molecule has 2 amide bonds. The van der Waals surface area contributed by atoms with Crippen molar-refractivity contribution < 1.29 is 23.5 Å². The third-order valence-corrected chi connectivity index (χ3v) is 4.25. The van der Waals surface area contributed by atoms with E-state index in [2.05, 4.69) is 10.6 Å². The third-order valence-electron chi connectivity index (χ3n) is 4.25. The number of fused-ring (bicyclic) bond motifs is 1. The molecule has 3 rings (SSSR count). The lowest BCUT2D eigenvalue weighted by molar-refractivity contribution is -0.152. The molecule has 7 heteroatoms. The second-order valence-corrected chi connectivity index (χ2v) is 7.61. The summed E-state index contributed by atoms with van der Waals surface area (Å²) >= 11 is 0. The number of halogens is 1. The summed E-state index contributed by atoms with van der Waals surface area (Å²) in [6.07, 6.45) is 0. The summed E-state index contributed by atoms with van der Waals surface area (Å²) < 4.78 is 18.8. The minimum Gasteiger partial charge on any atom is -0.430 e. The van der Waals surface area contributed by atoms with E-state index in [1.54, 1.807) is 39.0 Å². The summed E-state index contributed by atoms with van der Waals surface area (Å²) in [4.78, 5) is 38.8. The number of amides is 2. The van der Waals surface area contributed by atoms with Gasteiger partial charge in [0.1, 0.15) is 6.67 Å². The Kier molecular flexibility index (Phi) is 4.93. The second-order valence-electron chi connectivity index (χ2n) is 7.61. The molecule has 28 heavy (non-hydrogen) atoms. The van der Waals surface area contributed by atoms with Crippen molar-refractivity contribution in [3.05, 3.63) is 65.2 Å². The summed E-state index contributed by atoms with van der Waals surface area (Å²) in [6, 6.07) is 12.4. The monoisotopic (exact) mass is 384 g/mol. The van der Waals surface area contributed by atoms with Crippen LogP contribution >= 0.6 is 0 Å². The highest BCUT2D eigenvalue weighted by molar-refractivity contribution is 6.20. The Balaban J connectivity index is 2.12. The van der Waals surface area contributed by atoms with Gasteiger partial charge in [0.15, 0.2) is 0 Å². The van der Waals surface area contributed by atoms with Crippen molar-refractivity contribution in [3.63, 3.8) is 0 Å². The van der Waals surface area contributed by atoms with Crippen LogP contribution in [0, 0.1) is 0 Å². The fraction of sp³-hybridized carbons (Fsp3) is 0.286. The summed E-state index contributed by atoms with van der Waals surface area (Å²) in [7, 11) is 0. The number of anilines is 1. The van der Waals surface area contributed by atoms with E-state index in [-0.39, 0.29) is 16.7 Å². The molecule has 2 N–H and O–H groups in total. The van der Waals surface area contributed by atoms with Crippen molar-refractivity contribution >= 4 is 23.5 Å². The minimum absolute atomic E-state index is 0.110. The number of benzene rings is 2. The average molecular weight is 384 g/mol. The fourth-order valence-corrected chi connectivity index (χ4v) is 2.98. The van der Waals surface area contributed by atoms with Crippen molar-refractivity contribution in [2.24, 2.45) is 0 Å². The van der Waals surface area contributed by atoms with Crippen LogP contribution in [0.25, 0.3) is 0 Å². The molecule has 0 spiro atoms.